The summed E-state index contributed by atoms with van der Waals surface area (Å²) in [6.07, 6.45) is 0. The molecule has 0 saturated heterocycles. The van der Waals surface area contributed by atoms with E-state index in [-0.39, 0.29) is 5.41 Å². The second-order valence-electron chi connectivity index (χ2n) is 14.3. The Kier molecular flexibility index (Phi) is 6.59. The molecule has 0 spiro atoms. The van der Waals surface area contributed by atoms with Crippen LogP contribution in [-0.4, -0.2) is 9.55 Å². The molecule has 3 nitrogen and oxygen atoms in total. The third-order valence-electron chi connectivity index (χ3n) is 11.0. The maximum Gasteiger partial charge on any atom is 0.194 e. The van der Waals surface area contributed by atoms with Crippen molar-refractivity contribution in [3.8, 4) is 50.3 Å². The maximum absolute atomic E-state index is 8.07. The molecule has 0 N–H and O–H groups in total. The van der Waals surface area contributed by atoms with Crippen LogP contribution in [0.4, 0.5) is 5.69 Å². The van der Waals surface area contributed by atoms with Gasteiger partial charge in [0.2, 0.25) is 0 Å². The highest BCUT2D eigenvalue weighted by Gasteiger charge is 2.36. The number of aromatic nitrogens is 2. The zero-order valence-electron chi connectivity index (χ0n) is 28.9. The Balaban J connectivity index is 1.31. The molecule has 244 valence electrons. The van der Waals surface area contributed by atoms with E-state index < -0.39 is 0 Å². The Bertz CT molecular complexity index is 2940. The molecule has 0 fully saturated rings. The van der Waals surface area contributed by atoms with E-state index in [0.717, 1.165) is 55.6 Å². The van der Waals surface area contributed by atoms with Gasteiger partial charge in [0.15, 0.2) is 5.69 Å². The van der Waals surface area contributed by atoms with Crippen LogP contribution < -0.4 is 0 Å². The van der Waals surface area contributed by atoms with Crippen molar-refractivity contribution in [3.63, 3.8) is 0 Å². The zero-order chi connectivity index (χ0) is 35.0. The minimum atomic E-state index is -0.0985. The van der Waals surface area contributed by atoms with Crippen LogP contribution in [0.2, 0.25) is 0 Å². The summed E-state index contributed by atoms with van der Waals surface area (Å²) in [5.74, 6) is 0. The molecule has 2 heterocycles. The van der Waals surface area contributed by atoms with E-state index in [2.05, 4.69) is 163 Å². The van der Waals surface area contributed by atoms with Crippen molar-refractivity contribution in [2.45, 2.75) is 19.3 Å². The fraction of sp³-hybridized carbons (Fsp3) is 0.0612. The van der Waals surface area contributed by atoms with Gasteiger partial charge in [0.1, 0.15) is 0 Å². The SMILES string of the molecule is [C-]#[N+]c1ccccc1-c1cc(-c2cc(-c3ccccc3)nc3ccccc23)cc(-n2c3ccccc3c3cc4c(cc32)-c2ccccc2C4(C)C)c1. The van der Waals surface area contributed by atoms with Crippen LogP contribution in [0.25, 0.3) is 87.9 Å². The number of fused-ring (bicyclic) bond motifs is 7. The molecule has 0 amide bonds. The van der Waals surface area contributed by atoms with Crippen molar-refractivity contribution < 1.29 is 0 Å². The summed E-state index contributed by atoms with van der Waals surface area (Å²) in [7, 11) is 0. The van der Waals surface area contributed by atoms with Crippen molar-refractivity contribution in [2.75, 3.05) is 0 Å². The molecule has 0 radical (unpaired) electrons. The number of pyridine rings is 1. The molecule has 0 unspecified atom stereocenters. The van der Waals surface area contributed by atoms with E-state index >= 15 is 0 Å². The second kappa shape index (κ2) is 11.4. The number of nitrogens with zero attached hydrogens (tertiary/aromatic N) is 3. The van der Waals surface area contributed by atoms with Crippen LogP contribution >= 0.6 is 0 Å². The van der Waals surface area contributed by atoms with Gasteiger partial charge in [-0.25, -0.2) is 9.83 Å². The number of hydrogen-bond acceptors (Lipinski definition) is 1. The highest BCUT2D eigenvalue weighted by molar-refractivity contribution is 6.12. The fourth-order valence-electron chi connectivity index (χ4n) is 8.48. The molecule has 9 aromatic rings. The van der Waals surface area contributed by atoms with Gasteiger partial charge in [-0.1, -0.05) is 129 Å². The van der Waals surface area contributed by atoms with Gasteiger partial charge in [-0.05, 0) is 93.0 Å². The first-order valence-electron chi connectivity index (χ1n) is 17.7. The number of benzene rings is 7. The Morgan fingerprint density at radius 3 is 2.00 bits per heavy atom. The molecule has 1 aliphatic rings. The molecular formula is C49H33N3. The standard InChI is InChI=1S/C49H33N3/c1-49(2)42-21-11-7-18-36(42)40-30-48-41(28-43(40)49)38-20-10-14-24-47(38)52(48)34-26-32(35-17-8-12-22-44(35)50-3)25-33(27-34)39-29-46(31-15-5-4-6-16-31)51-45-23-13-9-19-37(39)45/h4-30H,1-2H3. The van der Waals surface area contributed by atoms with Crippen molar-refractivity contribution in [3.05, 3.63) is 186 Å². The predicted molar refractivity (Wildman–Crippen MR) is 216 cm³/mol. The first-order chi connectivity index (χ1) is 25.5. The first kappa shape index (κ1) is 30.1. The lowest BCUT2D eigenvalue weighted by Crippen LogP contribution is -2.14. The molecule has 0 atom stereocenters. The van der Waals surface area contributed by atoms with E-state index in [9.17, 15) is 0 Å². The van der Waals surface area contributed by atoms with E-state index in [1.165, 1.54) is 38.5 Å². The van der Waals surface area contributed by atoms with Gasteiger partial charge in [-0.2, -0.15) is 0 Å². The highest BCUT2D eigenvalue weighted by Crippen LogP contribution is 2.51. The monoisotopic (exact) mass is 663 g/mol. The smallest absolute Gasteiger partial charge is 0.194 e. The molecule has 10 rings (SSSR count). The number of hydrogen-bond donors (Lipinski definition) is 0. The summed E-state index contributed by atoms with van der Waals surface area (Å²) >= 11 is 0. The summed E-state index contributed by atoms with van der Waals surface area (Å²) in [5, 5.41) is 3.55. The number of rotatable bonds is 4. The van der Waals surface area contributed by atoms with E-state index in [4.69, 9.17) is 11.6 Å². The van der Waals surface area contributed by atoms with E-state index in [1.807, 2.05) is 24.3 Å². The quantitative estimate of drug-likeness (QED) is 0.172. The Morgan fingerprint density at radius 1 is 0.500 bits per heavy atom. The first-order valence-corrected chi connectivity index (χ1v) is 17.7. The average Bonchev–Trinajstić information content (AvgIpc) is 3.64. The average molecular weight is 664 g/mol. The van der Waals surface area contributed by atoms with Crippen LogP contribution in [-0.2, 0) is 5.41 Å². The van der Waals surface area contributed by atoms with Crippen LogP contribution in [0.1, 0.15) is 25.0 Å². The maximum atomic E-state index is 8.07. The Hall–Kier alpha value is -6.76. The van der Waals surface area contributed by atoms with E-state index in [1.54, 1.807) is 0 Å². The third kappa shape index (κ3) is 4.48. The molecule has 1 aliphatic carbocycles. The largest absolute Gasteiger partial charge is 0.309 e. The summed E-state index contributed by atoms with van der Waals surface area (Å²) in [4.78, 5) is 9.06. The zero-order valence-corrected chi connectivity index (χ0v) is 28.9. The molecule has 0 bridgehead atoms. The van der Waals surface area contributed by atoms with Crippen LogP contribution in [0, 0.1) is 6.57 Å². The van der Waals surface area contributed by atoms with Crippen molar-refractivity contribution in [2.24, 2.45) is 0 Å². The molecule has 2 aromatic heterocycles. The van der Waals surface area contributed by atoms with Gasteiger partial charge in [-0.15, -0.1) is 0 Å². The van der Waals surface area contributed by atoms with Gasteiger partial charge in [-0.3, -0.25) is 0 Å². The van der Waals surface area contributed by atoms with Crippen molar-refractivity contribution in [1.29, 1.82) is 0 Å². The summed E-state index contributed by atoms with van der Waals surface area (Å²) < 4.78 is 2.42. The molecule has 7 aromatic carbocycles. The van der Waals surface area contributed by atoms with Gasteiger partial charge >= 0.3 is 0 Å². The van der Waals surface area contributed by atoms with Gasteiger partial charge in [0.05, 0.1) is 28.8 Å². The molecule has 52 heavy (non-hydrogen) atoms. The van der Waals surface area contributed by atoms with Gasteiger partial charge in [0, 0.05) is 32.8 Å². The normalized spacial score (nSPS) is 12.9. The minimum absolute atomic E-state index is 0.0985. The molecular weight excluding hydrogens is 631 g/mol. The predicted octanol–water partition coefficient (Wildman–Crippen LogP) is 13.2. The Labute approximate surface area is 302 Å². The number of para-hydroxylation sites is 3. The molecule has 0 aliphatic heterocycles. The Morgan fingerprint density at radius 2 is 1.17 bits per heavy atom. The lowest BCUT2D eigenvalue weighted by molar-refractivity contribution is 0.661. The fourth-order valence-corrected chi connectivity index (χ4v) is 8.48. The van der Waals surface area contributed by atoms with Crippen LogP contribution in [0.15, 0.2) is 164 Å². The lowest BCUT2D eigenvalue weighted by Gasteiger charge is -2.21. The third-order valence-corrected chi connectivity index (χ3v) is 11.0. The van der Waals surface area contributed by atoms with Gasteiger partial charge in [0.25, 0.3) is 0 Å². The molecule has 0 saturated carbocycles. The highest BCUT2D eigenvalue weighted by atomic mass is 15.0. The lowest BCUT2D eigenvalue weighted by atomic mass is 9.82. The molecule has 3 heteroatoms. The van der Waals surface area contributed by atoms with Gasteiger partial charge < -0.3 is 4.57 Å². The van der Waals surface area contributed by atoms with Crippen LogP contribution in [0.3, 0.4) is 0 Å². The summed E-state index contributed by atoms with van der Waals surface area (Å²) in [6.45, 7) is 12.8. The van der Waals surface area contributed by atoms with Crippen molar-refractivity contribution >= 4 is 38.4 Å². The minimum Gasteiger partial charge on any atom is -0.309 e. The summed E-state index contributed by atoms with van der Waals surface area (Å²) in [5.41, 5.74) is 16.3. The van der Waals surface area contributed by atoms with Crippen molar-refractivity contribution in [1.82, 2.24) is 9.55 Å². The summed E-state index contributed by atoms with van der Waals surface area (Å²) in [6, 6.07) is 58.2. The van der Waals surface area contributed by atoms with Crippen LogP contribution in [0.5, 0.6) is 0 Å². The second-order valence-corrected chi connectivity index (χ2v) is 14.3. The van der Waals surface area contributed by atoms with E-state index in [0.29, 0.717) is 5.69 Å². The topological polar surface area (TPSA) is 22.2 Å².